The van der Waals surface area contributed by atoms with Crippen molar-refractivity contribution in [2.45, 2.75) is 32.1 Å². The predicted octanol–water partition coefficient (Wildman–Crippen LogP) is 3.44. The molecule has 1 amide bonds. The van der Waals surface area contributed by atoms with Crippen molar-refractivity contribution >= 4 is 28.4 Å². The average molecular weight is 356 g/mol. The number of hydrogen-bond donors (Lipinski definition) is 2. The Balaban J connectivity index is 1.62. The number of hydrogen-bond acceptors (Lipinski definition) is 3. The molecular formula is C20H24N2O4. The smallest absolute Gasteiger partial charge is 0.303 e. The lowest BCUT2D eigenvalue weighted by atomic mass is 9.98. The number of amides is 1. The first-order valence-electron chi connectivity index (χ1n) is 8.92. The molecule has 0 atom stereocenters. The maximum atomic E-state index is 12.3. The number of fused-ring (bicyclic) bond motifs is 1. The number of rotatable bonds is 7. The van der Waals surface area contributed by atoms with Gasteiger partial charge >= 0.3 is 5.97 Å². The molecule has 26 heavy (non-hydrogen) atoms. The van der Waals surface area contributed by atoms with Gasteiger partial charge in [-0.15, -0.1) is 0 Å². The summed E-state index contributed by atoms with van der Waals surface area (Å²) in [6, 6.07) is 5.97. The van der Waals surface area contributed by atoms with Gasteiger partial charge in [-0.05, 0) is 43.0 Å². The largest absolute Gasteiger partial charge is 0.497 e. The second kappa shape index (κ2) is 8.08. The molecule has 1 aromatic heterocycles. The Morgan fingerprint density at radius 3 is 2.77 bits per heavy atom. The molecule has 0 saturated carbocycles. The number of aliphatic carboxylic acids is 1. The fraction of sp³-hybridized carbons (Fsp3) is 0.400. The Morgan fingerprint density at radius 2 is 2.08 bits per heavy atom. The van der Waals surface area contributed by atoms with Crippen LogP contribution in [0.2, 0.25) is 0 Å². The van der Waals surface area contributed by atoms with Crippen LogP contribution in [0.15, 0.2) is 30.5 Å². The second-order valence-corrected chi connectivity index (χ2v) is 6.53. The molecule has 3 rings (SSSR count). The van der Waals surface area contributed by atoms with Gasteiger partial charge in [0.05, 0.1) is 7.11 Å². The number of ether oxygens (including phenoxy) is 1. The first-order chi connectivity index (χ1) is 12.6. The number of aromatic nitrogens is 1. The van der Waals surface area contributed by atoms with E-state index in [9.17, 15) is 9.59 Å². The average Bonchev–Trinajstić information content (AvgIpc) is 3.08. The van der Waals surface area contributed by atoms with Gasteiger partial charge in [0.1, 0.15) is 5.75 Å². The Morgan fingerprint density at radius 1 is 1.27 bits per heavy atom. The highest BCUT2D eigenvalue weighted by Crippen LogP contribution is 2.31. The van der Waals surface area contributed by atoms with E-state index in [-0.39, 0.29) is 12.3 Å². The number of aromatic amines is 1. The van der Waals surface area contributed by atoms with Crippen molar-refractivity contribution in [1.29, 1.82) is 0 Å². The lowest BCUT2D eigenvalue weighted by molar-refractivity contribution is -0.137. The van der Waals surface area contributed by atoms with E-state index in [2.05, 4.69) is 11.1 Å². The van der Waals surface area contributed by atoms with E-state index in [0.29, 0.717) is 32.4 Å². The van der Waals surface area contributed by atoms with E-state index in [1.165, 1.54) is 5.57 Å². The van der Waals surface area contributed by atoms with Crippen LogP contribution in [0.5, 0.6) is 5.75 Å². The van der Waals surface area contributed by atoms with Crippen molar-refractivity contribution in [1.82, 2.24) is 9.88 Å². The SMILES string of the molecule is COc1ccc2[nH]cc(C3=CCN(C(=O)CCCCC(=O)O)CC3)c2c1. The van der Waals surface area contributed by atoms with Crippen molar-refractivity contribution < 1.29 is 19.4 Å². The Bertz CT molecular complexity index is 837. The molecule has 1 aliphatic rings. The summed E-state index contributed by atoms with van der Waals surface area (Å²) in [6.07, 6.45) is 6.65. The van der Waals surface area contributed by atoms with E-state index < -0.39 is 5.97 Å². The van der Waals surface area contributed by atoms with E-state index in [1.807, 2.05) is 29.3 Å². The molecule has 0 saturated heterocycles. The van der Waals surface area contributed by atoms with Crippen LogP contribution in [0.25, 0.3) is 16.5 Å². The van der Waals surface area contributed by atoms with Gasteiger partial charge in [0.15, 0.2) is 0 Å². The zero-order chi connectivity index (χ0) is 18.5. The molecule has 0 bridgehead atoms. The van der Waals surface area contributed by atoms with Gasteiger partial charge in [-0.2, -0.15) is 0 Å². The lowest BCUT2D eigenvalue weighted by Crippen LogP contribution is -2.34. The van der Waals surface area contributed by atoms with Crippen LogP contribution >= 0.6 is 0 Å². The summed E-state index contributed by atoms with van der Waals surface area (Å²) < 4.78 is 5.32. The molecule has 6 heteroatoms. The molecule has 2 aromatic rings. The molecule has 0 aliphatic carbocycles. The predicted molar refractivity (Wildman–Crippen MR) is 100 cm³/mol. The monoisotopic (exact) mass is 356 g/mol. The Kier molecular flexibility index (Phi) is 5.61. The molecular weight excluding hydrogens is 332 g/mol. The Hall–Kier alpha value is -2.76. The van der Waals surface area contributed by atoms with Crippen molar-refractivity contribution in [3.05, 3.63) is 36.0 Å². The van der Waals surface area contributed by atoms with Crippen LogP contribution in [0.3, 0.4) is 0 Å². The van der Waals surface area contributed by atoms with Crippen LogP contribution in [0, 0.1) is 0 Å². The summed E-state index contributed by atoms with van der Waals surface area (Å²) >= 11 is 0. The highest BCUT2D eigenvalue weighted by molar-refractivity contribution is 5.94. The molecule has 0 spiro atoms. The van der Waals surface area contributed by atoms with Crippen molar-refractivity contribution in [2.24, 2.45) is 0 Å². The van der Waals surface area contributed by atoms with Crippen molar-refractivity contribution in [2.75, 3.05) is 20.2 Å². The molecule has 1 aromatic carbocycles. The van der Waals surface area contributed by atoms with Crippen LogP contribution in [-0.2, 0) is 9.59 Å². The van der Waals surface area contributed by atoms with Crippen LogP contribution < -0.4 is 4.74 Å². The number of carbonyl (C=O) groups is 2. The quantitative estimate of drug-likeness (QED) is 0.745. The normalized spacial score (nSPS) is 14.3. The maximum Gasteiger partial charge on any atom is 0.303 e. The molecule has 0 radical (unpaired) electrons. The summed E-state index contributed by atoms with van der Waals surface area (Å²) in [6.45, 7) is 1.30. The van der Waals surface area contributed by atoms with E-state index >= 15 is 0 Å². The van der Waals surface area contributed by atoms with Gasteiger partial charge in [-0.1, -0.05) is 6.08 Å². The third-order valence-electron chi connectivity index (χ3n) is 4.83. The molecule has 138 valence electrons. The van der Waals surface area contributed by atoms with Crippen LogP contribution in [0.4, 0.5) is 0 Å². The minimum absolute atomic E-state index is 0.103. The number of nitrogens with one attached hydrogen (secondary N) is 1. The number of H-pyrrole nitrogens is 1. The number of carboxylic acids is 1. The summed E-state index contributed by atoms with van der Waals surface area (Å²) in [4.78, 5) is 27.9. The molecule has 0 fully saturated rings. The second-order valence-electron chi connectivity index (χ2n) is 6.53. The van der Waals surface area contributed by atoms with E-state index in [0.717, 1.165) is 28.6 Å². The lowest BCUT2D eigenvalue weighted by Gasteiger charge is -2.26. The molecule has 0 unspecified atom stereocenters. The first kappa shape index (κ1) is 18.0. The molecule has 6 nitrogen and oxygen atoms in total. The van der Waals surface area contributed by atoms with Gasteiger partial charge in [-0.3, -0.25) is 9.59 Å². The first-order valence-corrected chi connectivity index (χ1v) is 8.92. The minimum atomic E-state index is -0.807. The number of carboxylic acid groups (broad SMARTS) is 1. The van der Waals surface area contributed by atoms with Gasteiger partial charge < -0.3 is 19.7 Å². The van der Waals surface area contributed by atoms with Gasteiger partial charge in [0, 0.05) is 48.6 Å². The third-order valence-corrected chi connectivity index (χ3v) is 4.83. The van der Waals surface area contributed by atoms with E-state index in [4.69, 9.17) is 9.84 Å². The molecule has 2 N–H and O–H groups in total. The topological polar surface area (TPSA) is 82.6 Å². The number of benzene rings is 1. The number of unbranched alkanes of at least 4 members (excludes halogenated alkanes) is 1. The van der Waals surface area contributed by atoms with Crippen molar-refractivity contribution in [3.8, 4) is 5.75 Å². The van der Waals surface area contributed by atoms with Gasteiger partial charge in [0.2, 0.25) is 5.91 Å². The van der Waals surface area contributed by atoms with Crippen LogP contribution in [0.1, 0.15) is 37.7 Å². The summed E-state index contributed by atoms with van der Waals surface area (Å²) in [5, 5.41) is 9.77. The standard InChI is InChI=1S/C20H24N2O4/c1-26-15-6-7-18-16(12-15)17(13-21-18)14-8-10-22(11-9-14)19(23)4-2-3-5-20(24)25/h6-8,12-13,21H,2-5,9-11H2,1H3,(H,24,25). The van der Waals surface area contributed by atoms with Crippen LogP contribution in [-0.4, -0.2) is 47.1 Å². The highest BCUT2D eigenvalue weighted by atomic mass is 16.5. The number of nitrogens with zero attached hydrogens (tertiary/aromatic N) is 1. The number of methoxy groups -OCH3 is 1. The maximum absolute atomic E-state index is 12.3. The zero-order valence-corrected chi connectivity index (χ0v) is 15.0. The van der Waals surface area contributed by atoms with Crippen molar-refractivity contribution in [3.63, 3.8) is 0 Å². The molecule has 2 heterocycles. The summed E-state index contributed by atoms with van der Waals surface area (Å²) in [5.74, 6) is 0.123. The van der Waals surface area contributed by atoms with E-state index in [1.54, 1.807) is 7.11 Å². The zero-order valence-electron chi connectivity index (χ0n) is 15.0. The Labute approximate surface area is 152 Å². The fourth-order valence-electron chi connectivity index (χ4n) is 3.34. The summed E-state index contributed by atoms with van der Waals surface area (Å²) in [7, 11) is 1.66. The highest BCUT2D eigenvalue weighted by Gasteiger charge is 2.19. The number of carbonyl (C=O) groups excluding carboxylic acids is 1. The third kappa shape index (κ3) is 4.07. The van der Waals surface area contributed by atoms with Gasteiger partial charge in [-0.25, -0.2) is 0 Å². The minimum Gasteiger partial charge on any atom is -0.497 e. The fourth-order valence-corrected chi connectivity index (χ4v) is 3.34. The molecule has 1 aliphatic heterocycles. The van der Waals surface area contributed by atoms with Gasteiger partial charge in [0.25, 0.3) is 0 Å². The summed E-state index contributed by atoms with van der Waals surface area (Å²) in [5.41, 5.74) is 3.46.